The van der Waals surface area contributed by atoms with Crippen LogP contribution < -0.4 is 0 Å². The molecule has 3 unspecified atom stereocenters. The van der Waals surface area contributed by atoms with Crippen molar-refractivity contribution in [1.29, 1.82) is 0 Å². The molecule has 0 amide bonds. The lowest BCUT2D eigenvalue weighted by atomic mass is 9.64. The van der Waals surface area contributed by atoms with Crippen LogP contribution in [0.3, 0.4) is 0 Å². The molecule has 0 bridgehead atoms. The van der Waals surface area contributed by atoms with Gasteiger partial charge in [0.15, 0.2) is 0 Å². The van der Waals surface area contributed by atoms with Crippen LogP contribution in [-0.4, -0.2) is 37.8 Å². The molecule has 0 aliphatic rings. The van der Waals surface area contributed by atoms with Crippen molar-refractivity contribution in [3.05, 3.63) is 71.8 Å². The van der Waals surface area contributed by atoms with Crippen LogP contribution in [0.1, 0.15) is 30.4 Å². The molecular weight excluding hydrogens is 382 g/mol. The van der Waals surface area contributed by atoms with Gasteiger partial charge >= 0.3 is 0 Å². The van der Waals surface area contributed by atoms with E-state index in [1.165, 1.54) is 11.1 Å². The van der Waals surface area contributed by atoms with Gasteiger partial charge in [-0.25, -0.2) is 0 Å². The van der Waals surface area contributed by atoms with E-state index < -0.39 is 17.6 Å². The van der Waals surface area contributed by atoms with Crippen LogP contribution in [0, 0.1) is 0 Å². The van der Waals surface area contributed by atoms with Crippen LogP contribution in [-0.2, 0) is 16.3 Å². The standard InChI is InChI=1S/C22H26B2O2S2/c23-20(21(24)22(25)26)12-11-19(28-16-18-9-5-2-6-10-18)13-14-27-15-17-7-3-1-4-8-17/h1-10,19-21H,11-16H2,(H,25,26). The summed E-state index contributed by atoms with van der Waals surface area (Å²) in [4.78, 5) is 11.0. The summed E-state index contributed by atoms with van der Waals surface area (Å²) in [7, 11) is 11.6. The third kappa shape index (κ3) is 8.83. The fourth-order valence-corrected chi connectivity index (χ4v) is 5.20. The van der Waals surface area contributed by atoms with Gasteiger partial charge in [-0.15, -0.1) is 0 Å². The molecule has 0 spiro atoms. The number of thioether (sulfide) groups is 2. The van der Waals surface area contributed by atoms with Crippen LogP contribution in [0.25, 0.3) is 0 Å². The van der Waals surface area contributed by atoms with Crippen molar-refractivity contribution in [2.75, 3.05) is 5.75 Å². The molecule has 0 saturated carbocycles. The molecule has 2 nitrogen and oxygen atoms in total. The highest BCUT2D eigenvalue weighted by Gasteiger charge is 2.20. The highest BCUT2D eigenvalue weighted by Crippen LogP contribution is 2.31. The van der Waals surface area contributed by atoms with Gasteiger partial charge in [-0.2, -0.15) is 23.5 Å². The third-order valence-corrected chi connectivity index (χ3v) is 7.10. The smallest absolute Gasteiger partial charge is 0.297 e. The topological polar surface area (TPSA) is 37.3 Å². The molecule has 1 N–H and O–H groups in total. The Hall–Kier alpha value is -1.26. The number of rotatable bonds is 13. The Kier molecular flexibility index (Phi) is 10.7. The molecule has 2 aromatic rings. The van der Waals surface area contributed by atoms with Gasteiger partial charge < -0.3 is 5.11 Å². The normalized spacial score (nSPS) is 14.3. The Morgan fingerprint density at radius 2 is 1.43 bits per heavy atom. The number of hydrogen-bond acceptors (Lipinski definition) is 3. The molecule has 3 atom stereocenters. The van der Waals surface area contributed by atoms with E-state index in [1.807, 2.05) is 35.7 Å². The van der Waals surface area contributed by atoms with Crippen molar-refractivity contribution in [2.45, 2.75) is 47.7 Å². The summed E-state index contributed by atoms with van der Waals surface area (Å²) in [6.07, 6.45) is 2.58. The monoisotopic (exact) mass is 408 g/mol. The number of carbonyl (C=O) groups is 1. The van der Waals surface area contributed by atoms with Gasteiger partial charge in [0.05, 0.1) is 15.7 Å². The van der Waals surface area contributed by atoms with E-state index in [4.69, 9.17) is 20.8 Å². The zero-order valence-corrected chi connectivity index (χ0v) is 17.7. The first-order valence-electron chi connectivity index (χ1n) is 9.57. The fraction of sp³-hybridized carbons (Fsp3) is 0.409. The molecule has 0 aliphatic heterocycles. The second kappa shape index (κ2) is 13.1. The molecule has 2 aromatic carbocycles. The summed E-state index contributed by atoms with van der Waals surface area (Å²) in [5, 5.41) is 9.48. The van der Waals surface area contributed by atoms with Crippen LogP contribution in [0.2, 0.25) is 11.6 Å². The summed E-state index contributed by atoms with van der Waals surface area (Å²) in [5.41, 5.74) is 2.65. The Morgan fingerprint density at radius 1 is 0.857 bits per heavy atom. The van der Waals surface area contributed by atoms with E-state index >= 15 is 0 Å². The largest absolute Gasteiger partial charge is 0.482 e. The van der Waals surface area contributed by atoms with E-state index in [2.05, 4.69) is 48.5 Å². The van der Waals surface area contributed by atoms with Crippen molar-refractivity contribution < 1.29 is 9.90 Å². The van der Waals surface area contributed by atoms with E-state index in [-0.39, 0.29) is 0 Å². The molecule has 6 heteroatoms. The number of carboxylic acid groups (broad SMARTS) is 1. The van der Waals surface area contributed by atoms with Gasteiger partial charge in [-0.05, 0) is 29.7 Å². The number of carboxylic acids is 1. The lowest BCUT2D eigenvalue weighted by molar-refractivity contribution is -0.136. The van der Waals surface area contributed by atoms with Crippen molar-refractivity contribution in [1.82, 2.24) is 0 Å². The predicted molar refractivity (Wildman–Crippen MR) is 125 cm³/mol. The maximum Gasteiger partial charge on any atom is 0.297 e. The van der Waals surface area contributed by atoms with E-state index in [1.54, 1.807) is 0 Å². The summed E-state index contributed by atoms with van der Waals surface area (Å²) < 4.78 is 0. The quantitative estimate of drug-likeness (QED) is 0.356. The highest BCUT2D eigenvalue weighted by atomic mass is 32.2. The Labute approximate surface area is 180 Å². The summed E-state index contributed by atoms with van der Waals surface area (Å²) in [5.74, 6) is 0.512. The minimum Gasteiger partial charge on any atom is -0.482 e. The molecule has 4 radical (unpaired) electrons. The number of benzene rings is 2. The average molecular weight is 408 g/mol. The molecule has 0 heterocycles. The van der Waals surface area contributed by atoms with E-state index in [0.717, 1.165) is 30.1 Å². The molecule has 0 saturated heterocycles. The minimum absolute atomic E-state index is 0.440. The first kappa shape index (κ1) is 23.0. The van der Waals surface area contributed by atoms with E-state index in [9.17, 15) is 4.79 Å². The lowest BCUT2D eigenvalue weighted by Crippen LogP contribution is -2.16. The summed E-state index contributed by atoms with van der Waals surface area (Å²) in [6.45, 7) is 0. The molecule has 2 rings (SSSR count). The maximum absolute atomic E-state index is 11.0. The van der Waals surface area contributed by atoms with Crippen LogP contribution in [0.5, 0.6) is 0 Å². The van der Waals surface area contributed by atoms with Gasteiger partial charge in [0.25, 0.3) is 5.97 Å². The Bertz CT molecular complexity index is 685. The molecule has 0 fully saturated rings. The van der Waals surface area contributed by atoms with Gasteiger partial charge in [-0.3, -0.25) is 4.79 Å². The Balaban J connectivity index is 1.81. The second-order valence-corrected chi connectivity index (χ2v) is 9.24. The molecule has 0 aliphatic carbocycles. The van der Waals surface area contributed by atoms with Crippen molar-refractivity contribution in [3.8, 4) is 0 Å². The number of hydrogen-bond donors (Lipinski definition) is 1. The summed E-state index contributed by atoms with van der Waals surface area (Å²) >= 11 is 3.86. The van der Waals surface area contributed by atoms with Crippen molar-refractivity contribution >= 4 is 45.2 Å². The molecule has 0 aromatic heterocycles. The maximum atomic E-state index is 11.0. The van der Waals surface area contributed by atoms with Gasteiger partial charge in [0.2, 0.25) is 0 Å². The second-order valence-electron chi connectivity index (χ2n) is 6.85. The van der Waals surface area contributed by atoms with Crippen LogP contribution >= 0.6 is 23.5 Å². The van der Waals surface area contributed by atoms with Crippen LogP contribution in [0.15, 0.2) is 60.7 Å². The zero-order valence-electron chi connectivity index (χ0n) is 16.1. The molecular formula is C22H26B2O2S2. The molecule has 28 heavy (non-hydrogen) atoms. The number of aliphatic carboxylic acids is 1. The van der Waals surface area contributed by atoms with Crippen molar-refractivity contribution in [3.63, 3.8) is 0 Å². The molecule has 144 valence electrons. The summed E-state index contributed by atoms with van der Waals surface area (Å²) in [6, 6.07) is 20.9. The first-order valence-corrected chi connectivity index (χ1v) is 11.8. The highest BCUT2D eigenvalue weighted by molar-refractivity contribution is 7.99. The minimum atomic E-state index is -1.03. The van der Waals surface area contributed by atoms with Gasteiger partial charge in [0.1, 0.15) is 0 Å². The van der Waals surface area contributed by atoms with Gasteiger partial charge in [-0.1, -0.05) is 72.9 Å². The van der Waals surface area contributed by atoms with Crippen LogP contribution in [0.4, 0.5) is 0 Å². The Morgan fingerprint density at radius 3 is 2.00 bits per heavy atom. The first-order chi connectivity index (χ1) is 13.6. The lowest BCUT2D eigenvalue weighted by Gasteiger charge is -2.21. The predicted octanol–water partition coefficient (Wildman–Crippen LogP) is 5.39. The third-order valence-electron chi connectivity index (χ3n) is 4.59. The van der Waals surface area contributed by atoms with E-state index in [0.29, 0.717) is 11.7 Å². The zero-order chi connectivity index (χ0) is 20.2. The SMILES string of the molecule is [B]C(CCC(CCSCc1ccccc1)SCc1ccccc1)C([B])C(=O)O. The fourth-order valence-electron chi connectivity index (χ4n) is 2.82. The van der Waals surface area contributed by atoms with Gasteiger partial charge in [0, 0.05) is 22.6 Å². The average Bonchev–Trinajstić information content (AvgIpc) is 2.73. The van der Waals surface area contributed by atoms with Crippen molar-refractivity contribution in [2.24, 2.45) is 0 Å².